The van der Waals surface area contributed by atoms with E-state index in [0.717, 1.165) is 22.6 Å². The third kappa shape index (κ3) is 8.43. The maximum Gasteiger partial charge on any atom is 0.317 e. The van der Waals surface area contributed by atoms with Gasteiger partial charge in [-0.1, -0.05) is 30.3 Å². The third-order valence-electron chi connectivity index (χ3n) is 3.96. The molecule has 0 aliphatic heterocycles. The second kappa shape index (κ2) is 12.0. The van der Waals surface area contributed by atoms with Crippen molar-refractivity contribution in [3.05, 3.63) is 66.0 Å². The van der Waals surface area contributed by atoms with Crippen LogP contribution in [0.25, 0.3) is 0 Å². The number of thioether (sulfide) groups is 1. The zero-order valence-corrected chi connectivity index (χ0v) is 16.8. The fraction of sp³-hybridized carbons (Fsp3) is 0.333. The first-order valence-corrected chi connectivity index (χ1v) is 10.2. The fourth-order valence-electron chi connectivity index (χ4n) is 2.46. The Labute approximate surface area is 169 Å². The molecule has 2 N–H and O–H groups in total. The summed E-state index contributed by atoms with van der Waals surface area (Å²) in [6, 6.07) is 15.9. The number of nitrogens with one attached hydrogen (secondary N) is 2. The molecule has 0 aromatic heterocycles. The minimum absolute atomic E-state index is 0.0854. The predicted octanol–water partition coefficient (Wildman–Crippen LogP) is 3.66. The van der Waals surface area contributed by atoms with Crippen molar-refractivity contribution in [1.29, 1.82) is 0 Å². The molecule has 5 nitrogen and oxygen atoms in total. The number of urea groups is 1. The molecule has 2 rings (SSSR count). The molecule has 28 heavy (non-hydrogen) atoms. The van der Waals surface area contributed by atoms with Crippen LogP contribution >= 0.6 is 11.8 Å². The van der Waals surface area contributed by atoms with Gasteiger partial charge < -0.3 is 15.5 Å². The van der Waals surface area contributed by atoms with Crippen LogP contribution in [0.4, 0.5) is 9.18 Å². The number of carbonyl (C=O) groups is 2. The summed E-state index contributed by atoms with van der Waals surface area (Å²) in [6.07, 6.45) is 1.07. The summed E-state index contributed by atoms with van der Waals surface area (Å²) in [6.45, 7) is 1.40. The van der Waals surface area contributed by atoms with Crippen LogP contribution in [-0.2, 0) is 11.3 Å². The standard InChI is InChI=1S/C21H26FN3O2S/c1-25(16-17-6-3-2-4-7-17)21(27)24-14-12-20(26)23-13-5-15-28-19-10-8-18(22)9-11-19/h2-4,6-11H,5,12-16H2,1H3,(H,23,26)(H,24,27). The topological polar surface area (TPSA) is 61.4 Å². The van der Waals surface area contributed by atoms with Crippen LogP contribution in [0.5, 0.6) is 0 Å². The van der Waals surface area contributed by atoms with E-state index in [2.05, 4.69) is 10.6 Å². The number of nitrogens with zero attached hydrogens (tertiary/aromatic N) is 1. The average Bonchev–Trinajstić information content (AvgIpc) is 2.69. The van der Waals surface area contributed by atoms with Crippen molar-refractivity contribution in [2.24, 2.45) is 0 Å². The normalized spacial score (nSPS) is 10.4. The minimum atomic E-state index is -0.241. The van der Waals surface area contributed by atoms with Crippen LogP contribution < -0.4 is 10.6 Å². The molecule has 0 fully saturated rings. The number of hydrogen-bond donors (Lipinski definition) is 2. The SMILES string of the molecule is CN(Cc1ccccc1)C(=O)NCCC(=O)NCCCSc1ccc(F)cc1. The Morgan fingerprint density at radius 1 is 1.00 bits per heavy atom. The summed E-state index contributed by atoms with van der Waals surface area (Å²) in [7, 11) is 1.72. The van der Waals surface area contributed by atoms with Gasteiger partial charge in [0.2, 0.25) is 5.91 Å². The number of benzene rings is 2. The number of halogens is 1. The quantitative estimate of drug-likeness (QED) is 0.470. The Kier molecular flexibility index (Phi) is 9.34. The monoisotopic (exact) mass is 403 g/mol. The van der Waals surface area contributed by atoms with Gasteiger partial charge >= 0.3 is 6.03 Å². The Morgan fingerprint density at radius 2 is 1.71 bits per heavy atom. The maximum atomic E-state index is 12.8. The summed E-state index contributed by atoms with van der Waals surface area (Å²) >= 11 is 1.63. The van der Waals surface area contributed by atoms with Gasteiger partial charge in [0.15, 0.2) is 0 Å². The molecule has 0 radical (unpaired) electrons. The third-order valence-corrected chi connectivity index (χ3v) is 5.06. The lowest BCUT2D eigenvalue weighted by molar-refractivity contribution is -0.120. The molecule has 2 aromatic rings. The Morgan fingerprint density at radius 3 is 2.43 bits per heavy atom. The van der Waals surface area contributed by atoms with Crippen LogP contribution in [0.2, 0.25) is 0 Å². The van der Waals surface area contributed by atoms with Crippen molar-refractivity contribution in [2.75, 3.05) is 25.9 Å². The molecule has 0 saturated heterocycles. The molecule has 0 bridgehead atoms. The molecule has 150 valence electrons. The summed E-state index contributed by atoms with van der Waals surface area (Å²) < 4.78 is 12.8. The van der Waals surface area contributed by atoms with Crippen molar-refractivity contribution in [1.82, 2.24) is 15.5 Å². The van der Waals surface area contributed by atoms with Gasteiger partial charge in [-0.25, -0.2) is 9.18 Å². The molecular weight excluding hydrogens is 377 g/mol. The first kappa shape index (κ1) is 21.8. The highest BCUT2D eigenvalue weighted by atomic mass is 32.2. The van der Waals surface area contributed by atoms with Gasteiger partial charge in [-0.3, -0.25) is 4.79 Å². The molecule has 0 aliphatic carbocycles. The summed E-state index contributed by atoms with van der Waals surface area (Å²) in [5.41, 5.74) is 1.05. The second-order valence-electron chi connectivity index (χ2n) is 6.33. The predicted molar refractivity (Wildman–Crippen MR) is 111 cm³/mol. The number of hydrogen-bond acceptors (Lipinski definition) is 3. The molecular formula is C21H26FN3O2S. The minimum Gasteiger partial charge on any atom is -0.356 e. The highest BCUT2D eigenvalue weighted by Crippen LogP contribution is 2.18. The van der Waals surface area contributed by atoms with E-state index in [1.165, 1.54) is 12.1 Å². The number of amides is 3. The van der Waals surface area contributed by atoms with Crippen molar-refractivity contribution in [2.45, 2.75) is 24.3 Å². The van der Waals surface area contributed by atoms with E-state index < -0.39 is 0 Å². The van der Waals surface area contributed by atoms with E-state index in [9.17, 15) is 14.0 Å². The number of carbonyl (C=O) groups excluding carboxylic acids is 2. The first-order valence-electron chi connectivity index (χ1n) is 9.22. The summed E-state index contributed by atoms with van der Waals surface area (Å²) in [4.78, 5) is 26.5. The molecule has 0 spiro atoms. The smallest absolute Gasteiger partial charge is 0.317 e. The maximum absolute atomic E-state index is 12.8. The molecule has 0 aliphatic rings. The molecule has 2 aromatic carbocycles. The molecule has 0 unspecified atom stereocenters. The van der Waals surface area contributed by atoms with Crippen molar-refractivity contribution >= 4 is 23.7 Å². The Bertz CT molecular complexity index is 741. The Balaban J connectivity index is 1.52. The van der Waals surface area contributed by atoms with E-state index in [0.29, 0.717) is 19.6 Å². The van der Waals surface area contributed by atoms with Crippen molar-refractivity contribution < 1.29 is 14.0 Å². The van der Waals surface area contributed by atoms with Gasteiger partial charge in [0, 0.05) is 38.0 Å². The lowest BCUT2D eigenvalue weighted by Crippen LogP contribution is -2.38. The average molecular weight is 404 g/mol. The zero-order valence-electron chi connectivity index (χ0n) is 16.0. The lowest BCUT2D eigenvalue weighted by atomic mass is 10.2. The van der Waals surface area contributed by atoms with Gasteiger partial charge in [0.25, 0.3) is 0 Å². The van der Waals surface area contributed by atoms with Crippen LogP contribution in [0.15, 0.2) is 59.5 Å². The van der Waals surface area contributed by atoms with Gasteiger partial charge in [-0.05, 0) is 42.0 Å². The summed E-state index contributed by atoms with van der Waals surface area (Å²) in [5, 5.41) is 5.60. The summed E-state index contributed by atoms with van der Waals surface area (Å²) in [5.74, 6) is 0.514. The van der Waals surface area contributed by atoms with E-state index >= 15 is 0 Å². The number of rotatable bonds is 10. The lowest BCUT2D eigenvalue weighted by Gasteiger charge is -2.18. The largest absolute Gasteiger partial charge is 0.356 e. The van der Waals surface area contributed by atoms with Gasteiger partial charge in [-0.15, -0.1) is 11.8 Å². The van der Waals surface area contributed by atoms with Crippen molar-refractivity contribution in [3.63, 3.8) is 0 Å². The highest BCUT2D eigenvalue weighted by Gasteiger charge is 2.09. The van der Waals surface area contributed by atoms with Crippen LogP contribution in [0.3, 0.4) is 0 Å². The molecule has 7 heteroatoms. The van der Waals surface area contributed by atoms with E-state index in [4.69, 9.17) is 0 Å². The van der Waals surface area contributed by atoms with E-state index in [-0.39, 0.29) is 24.2 Å². The highest BCUT2D eigenvalue weighted by molar-refractivity contribution is 7.99. The van der Waals surface area contributed by atoms with Crippen LogP contribution in [0, 0.1) is 5.82 Å². The van der Waals surface area contributed by atoms with Crippen LogP contribution in [-0.4, -0.2) is 42.7 Å². The van der Waals surface area contributed by atoms with Gasteiger partial charge in [0.05, 0.1) is 0 Å². The second-order valence-corrected chi connectivity index (χ2v) is 7.50. The first-order chi connectivity index (χ1) is 13.5. The van der Waals surface area contributed by atoms with Crippen molar-refractivity contribution in [3.8, 4) is 0 Å². The molecule has 0 heterocycles. The van der Waals surface area contributed by atoms with Gasteiger partial charge in [-0.2, -0.15) is 0 Å². The molecule has 0 atom stereocenters. The molecule has 3 amide bonds. The fourth-order valence-corrected chi connectivity index (χ4v) is 3.31. The van der Waals surface area contributed by atoms with Gasteiger partial charge in [0.1, 0.15) is 5.82 Å². The molecule has 0 saturated carbocycles. The van der Waals surface area contributed by atoms with E-state index in [1.54, 1.807) is 35.8 Å². The Hall–Kier alpha value is -2.54. The van der Waals surface area contributed by atoms with E-state index in [1.807, 2.05) is 30.3 Å². The zero-order chi connectivity index (χ0) is 20.2. The van der Waals surface area contributed by atoms with Crippen LogP contribution in [0.1, 0.15) is 18.4 Å².